The average molecular weight is 378 g/mol. The summed E-state index contributed by atoms with van der Waals surface area (Å²) in [4.78, 5) is 12.0. The highest BCUT2D eigenvalue weighted by Crippen LogP contribution is 2.42. The average Bonchev–Trinajstić information content (AvgIpc) is 3.18. The van der Waals surface area contributed by atoms with Gasteiger partial charge >= 0.3 is 0 Å². The van der Waals surface area contributed by atoms with E-state index < -0.39 is 0 Å². The molecule has 0 bridgehead atoms. The van der Waals surface area contributed by atoms with Crippen molar-refractivity contribution in [2.75, 3.05) is 17.2 Å². The SMILES string of the molecule is CC1(C)[C@@H](O)C[C@H]1Nc1nc(NCCc2cccc3cc[nH]c23)ncc1C#N.[HH]. The molecule has 2 atom stereocenters. The van der Waals surface area contributed by atoms with Crippen molar-refractivity contribution in [3.8, 4) is 6.07 Å². The molecule has 1 aromatic carbocycles. The third kappa shape index (κ3) is 3.27. The molecule has 1 aliphatic rings. The number of H-pyrrole nitrogens is 1. The predicted octanol–water partition coefficient (Wildman–Crippen LogP) is 3.30. The van der Waals surface area contributed by atoms with Crippen LogP contribution >= 0.6 is 0 Å². The standard InChI is InChI=1S/C21H24N6O.H2/c1-21(2)16(10-17(21)28)26-19-15(11-22)12-25-20(27-19)24-9-7-14-5-3-4-13-6-8-23-18(13)14;/h3-6,8,12,16-17,23,28H,7,9-10H2,1-2H3,(H2,24,25,26,27);1H/t16-,17+;/m1./s1. The lowest BCUT2D eigenvalue weighted by molar-refractivity contribution is -0.0511. The Morgan fingerprint density at radius 3 is 3.00 bits per heavy atom. The lowest BCUT2D eigenvalue weighted by Crippen LogP contribution is -2.57. The van der Waals surface area contributed by atoms with Gasteiger partial charge in [-0.3, -0.25) is 0 Å². The number of aromatic amines is 1. The van der Waals surface area contributed by atoms with E-state index in [9.17, 15) is 10.4 Å². The van der Waals surface area contributed by atoms with E-state index in [2.05, 4.69) is 55.9 Å². The number of anilines is 2. The summed E-state index contributed by atoms with van der Waals surface area (Å²) in [5.41, 5.74) is 2.53. The van der Waals surface area contributed by atoms with E-state index in [-0.39, 0.29) is 19.0 Å². The summed E-state index contributed by atoms with van der Waals surface area (Å²) in [7, 11) is 0. The zero-order valence-corrected chi connectivity index (χ0v) is 16.0. The molecule has 2 heterocycles. The number of benzene rings is 1. The summed E-state index contributed by atoms with van der Waals surface area (Å²) >= 11 is 0. The minimum Gasteiger partial charge on any atom is -0.392 e. The molecule has 1 aliphatic carbocycles. The monoisotopic (exact) mass is 378 g/mol. The zero-order valence-electron chi connectivity index (χ0n) is 16.0. The number of nitrogens with one attached hydrogen (secondary N) is 3. The minimum absolute atomic E-state index is 0. The van der Waals surface area contributed by atoms with Crippen molar-refractivity contribution in [2.45, 2.75) is 38.8 Å². The molecule has 4 N–H and O–H groups in total. The summed E-state index contributed by atoms with van der Waals surface area (Å²) in [5, 5.41) is 27.0. The Bertz CT molecular complexity index is 1040. The molecular weight excluding hydrogens is 352 g/mol. The third-order valence-corrected chi connectivity index (χ3v) is 5.79. The van der Waals surface area contributed by atoms with Crippen molar-refractivity contribution in [3.63, 3.8) is 0 Å². The van der Waals surface area contributed by atoms with E-state index in [0.717, 1.165) is 11.9 Å². The van der Waals surface area contributed by atoms with Gasteiger partial charge in [0.2, 0.25) is 5.95 Å². The molecule has 4 rings (SSSR count). The van der Waals surface area contributed by atoms with Crippen LogP contribution in [0.3, 0.4) is 0 Å². The number of nitriles is 1. The number of nitrogens with zero attached hydrogens (tertiary/aromatic N) is 3. The lowest BCUT2D eigenvalue weighted by atomic mass is 9.64. The Morgan fingerprint density at radius 1 is 1.39 bits per heavy atom. The summed E-state index contributed by atoms with van der Waals surface area (Å²) in [6.45, 7) is 4.69. The van der Waals surface area contributed by atoms with Gasteiger partial charge in [0.1, 0.15) is 17.5 Å². The highest BCUT2D eigenvalue weighted by atomic mass is 16.3. The fourth-order valence-electron chi connectivity index (χ4n) is 3.64. The van der Waals surface area contributed by atoms with E-state index >= 15 is 0 Å². The van der Waals surface area contributed by atoms with Gasteiger partial charge in [-0.05, 0) is 29.9 Å². The van der Waals surface area contributed by atoms with Crippen molar-refractivity contribution in [3.05, 3.63) is 47.8 Å². The first-order valence-electron chi connectivity index (χ1n) is 9.49. The molecule has 0 aliphatic heterocycles. The third-order valence-electron chi connectivity index (χ3n) is 5.79. The highest BCUT2D eigenvalue weighted by Gasteiger charge is 2.47. The molecule has 0 unspecified atom stereocenters. The quantitative estimate of drug-likeness (QED) is 0.524. The van der Waals surface area contributed by atoms with Crippen molar-refractivity contribution in [1.29, 1.82) is 5.26 Å². The van der Waals surface area contributed by atoms with Crippen LogP contribution in [-0.2, 0) is 6.42 Å². The van der Waals surface area contributed by atoms with Crippen molar-refractivity contribution in [1.82, 2.24) is 15.0 Å². The van der Waals surface area contributed by atoms with Gasteiger partial charge in [0.05, 0.1) is 12.3 Å². The summed E-state index contributed by atoms with van der Waals surface area (Å²) < 4.78 is 0. The Morgan fingerprint density at radius 2 is 2.25 bits per heavy atom. The largest absolute Gasteiger partial charge is 0.392 e. The summed E-state index contributed by atoms with van der Waals surface area (Å²) in [6, 6.07) is 10.5. The molecule has 3 aromatic rings. The van der Waals surface area contributed by atoms with Crippen LogP contribution in [-0.4, -0.2) is 38.7 Å². The number of hydrogen-bond acceptors (Lipinski definition) is 6. The molecule has 0 spiro atoms. The molecular formula is C21H26N6O. The highest BCUT2D eigenvalue weighted by molar-refractivity contribution is 5.82. The summed E-state index contributed by atoms with van der Waals surface area (Å²) in [5.74, 6) is 0.995. The van der Waals surface area contributed by atoms with Gasteiger partial charge in [-0.15, -0.1) is 0 Å². The van der Waals surface area contributed by atoms with E-state index in [4.69, 9.17) is 0 Å². The molecule has 0 saturated heterocycles. The molecule has 28 heavy (non-hydrogen) atoms. The molecule has 146 valence electrons. The topological polar surface area (TPSA) is 110 Å². The van der Waals surface area contributed by atoms with Gasteiger partial charge in [-0.2, -0.15) is 10.2 Å². The van der Waals surface area contributed by atoms with Crippen molar-refractivity contribution in [2.24, 2.45) is 5.41 Å². The fraction of sp³-hybridized carbons (Fsp3) is 0.381. The maximum atomic E-state index is 9.94. The first kappa shape index (κ1) is 18.3. The van der Waals surface area contributed by atoms with Crippen molar-refractivity contribution < 1.29 is 6.53 Å². The molecule has 0 radical (unpaired) electrons. The molecule has 7 nitrogen and oxygen atoms in total. The number of hydrogen-bond donors (Lipinski definition) is 4. The van der Waals surface area contributed by atoms with E-state index in [0.29, 0.717) is 30.3 Å². The first-order chi connectivity index (χ1) is 13.5. The van der Waals surface area contributed by atoms with Gasteiger partial charge < -0.3 is 20.7 Å². The number of fused-ring (bicyclic) bond motifs is 1. The second-order valence-corrected chi connectivity index (χ2v) is 7.87. The van der Waals surface area contributed by atoms with Crippen LogP contribution in [0.25, 0.3) is 10.9 Å². The summed E-state index contributed by atoms with van der Waals surface area (Å²) in [6.07, 6.45) is 4.61. The number of aliphatic hydroxyl groups excluding tert-OH is 1. The van der Waals surface area contributed by atoms with Crippen LogP contribution in [0.4, 0.5) is 11.8 Å². The van der Waals surface area contributed by atoms with E-state index in [1.807, 2.05) is 20.0 Å². The van der Waals surface area contributed by atoms with Crippen LogP contribution in [0.2, 0.25) is 0 Å². The molecule has 0 amide bonds. The van der Waals surface area contributed by atoms with Crippen molar-refractivity contribution >= 4 is 22.7 Å². The van der Waals surface area contributed by atoms with Gasteiger partial charge in [0.25, 0.3) is 0 Å². The van der Waals surface area contributed by atoms with Gasteiger partial charge in [0.15, 0.2) is 0 Å². The zero-order chi connectivity index (χ0) is 19.7. The van der Waals surface area contributed by atoms with E-state index in [1.54, 1.807) is 0 Å². The Kier molecular flexibility index (Phi) is 4.65. The molecule has 1 saturated carbocycles. The minimum atomic E-state index is -0.342. The maximum Gasteiger partial charge on any atom is 0.224 e. The fourth-order valence-corrected chi connectivity index (χ4v) is 3.64. The van der Waals surface area contributed by atoms with Crippen LogP contribution in [0.1, 0.15) is 32.8 Å². The molecule has 2 aromatic heterocycles. The Labute approximate surface area is 165 Å². The lowest BCUT2D eigenvalue weighted by Gasteiger charge is -2.49. The Hall–Kier alpha value is -3.11. The number of para-hydroxylation sites is 1. The second kappa shape index (κ2) is 7.13. The smallest absolute Gasteiger partial charge is 0.224 e. The number of rotatable bonds is 6. The van der Waals surface area contributed by atoms with Crippen LogP contribution in [0, 0.1) is 16.7 Å². The Balaban J connectivity index is 0.00000240. The maximum absolute atomic E-state index is 9.94. The second-order valence-electron chi connectivity index (χ2n) is 7.87. The number of aliphatic hydroxyl groups is 1. The van der Waals surface area contributed by atoms with Gasteiger partial charge in [-0.1, -0.05) is 32.0 Å². The van der Waals surface area contributed by atoms with Crippen LogP contribution in [0.15, 0.2) is 36.7 Å². The first-order valence-corrected chi connectivity index (χ1v) is 9.49. The number of aromatic nitrogens is 3. The predicted molar refractivity (Wildman–Crippen MR) is 111 cm³/mol. The molecule has 7 heteroatoms. The molecule has 1 fully saturated rings. The normalized spacial score (nSPS) is 20.4. The van der Waals surface area contributed by atoms with Crippen LogP contribution < -0.4 is 10.6 Å². The van der Waals surface area contributed by atoms with Crippen LogP contribution in [0.5, 0.6) is 0 Å². The van der Waals surface area contributed by atoms with Gasteiger partial charge in [-0.25, -0.2) is 4.98 Å². The van der Waals surface area contributed by atoms with E-state index in [1.165, 1.54) is 17.1 Å². The van der Waals surface area contributed by atoms with Gasteiger partial charge in [0, 0.05) is 31.1 Å².